The zero-order valence-corrected chi connectivity index (χ0v) is 17.8. The van der Waals surface area contributed by atoms with Crippen molar-refractivity contribution in [3.05, 3.63) is 53.6 Å². The van der Waals surface area contributed by atoms with Crippen LogP contribution >= 0.6 is 0 Å². The molecule has 7 nitrogen and oxygen atoms in total. The average Bonchev–Trinajstić information content (AvgIpc) is 3.37. The van der Waals surface area contributed by atoms with Gasteiger partial charge >= 0.3 is 0 Å². The van der Waals surface area contributed by atoms with Crippen LogP contribution in [-0.4, -0.2) is 49.1 Å². The number of ether oxygens (including phenoxy) is 1. The van der Waals surface area contributed by atoms with Crippen LogP contribution in [0, 0.1) is 25.7 Å². The molecule has 7 heteroatoms. The highest BCUT2D eigenvalue weighted by Gasteiger charge is 2.42. The number of rotatable bonds is 5. The molecule has 156 valence electrons. The van der Waals surface area contributed by atoms with E-state index in [1.165, 1.54) is 11.3 Å². The summed E-state index contributed by atoms with van der Waals surface area (Å²) in [4.78, 5) is 7.10. The van der Waals surface area contributed by atoms with Crippen molar-refractivity contribution < 1.29 is 4.74 Å². The number of hydrogen-bond acceptors (Lipinski definition) is 6. The van der Waals surface area contributed by atoms with Gasteiger partial charge in [-0.2, -0.15) is 5.10 Å². The van der Waals surface area contributed by atoms with Crippen LogP contribution in [0.15, 0.2) is 36.7 Å². The summed E-state index contributed by atoms with van der Waals surface area (Å²) in [5.41, 5.74) is 5.27. The molecule has 3 aromatic rings. The molecule has 2 aliphatic rings. The molecule has 1 unspecified atom stereocenters. The SMILES string of the molecule is Cc1cccnc1CN1C[C@H]2CC(Oc3ccc(-c4cn(C)nc4C)nn3)C[C@H]2C1. The predicted molar refractivity (Wildman–Crippen MR) is 114 cm³/mol. The third-order valence-corrected chi connectivity index (χ3v) is 6.49. The molecule has 2 fully saturated rings. The second-order valence-corrected chi connectivity index (χ2v) is 8.75. The van der Waals surface area contributed by atoms with E-state index in [4.69, 9.17) is 4.74 Å². The van der Waals surface area contributed by atoms with Gasteiger partial charge in [-0.25, -0.2) is 0 Å². The zero-order valence-electron chi connectivity index (χ0n) is 17.8. The van der Waals surface area contributed by atoms with E-state index < -0.39 is 0 Å². The van der Waals surface area contributed by atoms with Crippen LogP contribution in [0.3, 0.4) is 0 Å². The summed E-state index contributed by atoms with van der Waals surface area (Å²) in [7, 11) is 1.91. The summed E-state index contributed by atoms with van der Waals surface area (Å²) in [5, 5.41) is 13.0. The smallest absolute Gasteiger partial charge is 0.233 e. The summed E-state index contributed by atoms with van der Waals surface area (Å²) in [5.74, 6) is 2.01. The molecule has 0 aromatic carbocycles. The normalized spacial score (nSPS) is 23.6. The van der Waals surface area contributed by atoms with Crippen molar-refractivity contribution in [1.29, 1.82) is 0 Å². The minimum absolute atomic E-state index is 0.235. The molecule has 0 bridgehead atoms. The molecule has 1 aliphatic carbocycles. The molecular formula is C23H28N6O. The van der Waals surface area contributed by atoms with Crippen LogP contribution in [0.5, 0.6) is 5.88 Å². The van der Waals surface area contributed by atoms with Crippen molar-refractivity contribution in [3.63, 3.8) is 0 Å². The number of aryl methyl sites for hydroxylation is 3. The standard InChI is InChI=1S/C23H28N6O/c1-15-5-4-8-24-22(15)14-29-11-17-9-19(10-18(17)12-29)30-23-7-6-21(25-26-23)20-13-28(3)27-16(20)2/h4-8,13,17-19H,9-12,14H2,1-3H3/t17-,18+,19?. The highest BCUT2D eigenvalue weighted by molar-refractivity contribution is 5.60. The molecule has 3 atom stereocenters. The van der Waals surface area contributed by atoms with Crippen molar-refractivity contribution >= 4 is 0 Å². The number of fused-ring (bicyclic) bond motifs is 1. The van der Waals surface area contributed by atoms with E-state index in [9.17, 15) is 0 Å². The third kappa shape index (κ3) is 3.81. The van der Waals surface area contributed by atoms with Gasteiger partial charge in [-0.15, -0.1) is 10.2 Å². The van der Waals surface area contributed by atoms with Crippen LogP contribution in [0.2, 0.25) is 0 Å². The Kier molecular flexibility index (Phi) is 4.98. The van der Waals surface area contributed by atoms with E-state index in [1.54, 1.807) is 4.68 Å². The summed E-state index contributed by atoms with van der Waals surface area (Å²) >= 11 is 0. The van der Waals surface area contributed by atoms with Gasteiger partial charge in [0.15, 0.2) is 0 Å². The van der Waals surface area contributed by atoms with E-state index in [0.717, 1.165) is 49.4 Å². The van der Waals surface area contributed by atoms with Crippen molar-refractivity contribution in [2.75, 3.05) is 13.1 Å². The molecule has 4 heterocycles. The number of pyridine rings is 1. The highest BCUT2D eigenvalue weighted by Crippen LogP contribution is 2.40. The summed E-state index contributed by atoms with van der Waals surface area (Å²) in [6.45, 7) is 7.34. The topological polar surface area (TPSA) is 69.0 Å². The van der Waals surface area contributed by atoms with Gasteiger partial charge in [0.1, 0.15) is 6.10 Å². The van der Waals surface area contributed by atoms with Crippen LogP contribution in [-0.2, 0) is 13.6 Å². The molecule has 1 saturated carbocycles. The van der Waals surface area contributed by atoms with E-state index in [2.05, 4.69) is 38.2 Å². The second-order valence-electron chi connectivity index (χ2n) is 8.75. The molecule has 0 radical (unpaired) electrons. The van der Waals surface area contributed by atoms with E-state index in [-0.39, 0.29) is 6.10 Å². The Balaban J connectivity index is 1.16. The monoisotopic (exact) mass is 404 g/mol. The van der Waals surface area contributed by atoms with Gasteiger partial charge < -0.3 is 4.74 Å². The average molecular weight is 405 g/mol. The number of aromatic nitrogens is 5. The molecule has 1 aliphatic heterocycles. The van der Waals surface area contributed by atoms with Gasteiger partial charge in [0, 0.05) is 50.7 Å². The van der Waals surface area contributed by atoms with Gasteiger partial charge in [0.05, 0.1) is 17.1 Å². The quantitative estimate of drug-likeness (QED) is 0.651. The first-order valence-corrected chi connectivity index (χ1v) is 10.7. The Labute approximate surface area is 177 Å². The van der Waals surface area contributed by atoms with Crippen molar-refractivity contribution in [2.24, 2.45) is 18.9 Å². The number of hydrogen-bond donors (Lipinski definition) is 0. The van der Waals surface area contributed by atoms with Crippen molar-refractivity contribution in [1.82, 2.24) is 29.9 Å². The van der Waals surface area contributed by atoms with Crippen LogP contribution in [0.25, 0.3) is 11.3 Å². The molecular weight excluding hydrogens is 376 g/mol. The Morgan fingerprint density at radius 1 is 1.07 bits per heavy atom. The van der Waals surface area contributed by atoms with Crippen molar-refractivity contribution in [2.45, 2.75) is 39.3 Å². The van der Waals surface area contributed by atoms with Crippen LogP contribution < -0.4 is 4.74 Å². The van der Waals surface area contributed by atoms with E-state index in [0.29, 0.717) is 17.7 Å². The second kappa shape index (κ2) is 7.80. The summed E-state index contributed by atoms with van der Waals surface area (Å²) < 4.78 is 7.98. The van der Waals surface area contributed by atoms with Crippen molar-refractivity contribution in [3.8, 4) is 17.1 Å². The lowest BCUT2D eigenvalue weighted by Gasteiger charge is -2.19. The maximum atomic E-state index is 6.19. The Morgan fingerprint density at radius 3 is 2.50 bits per heavy atom. The minimum Gasteiger partial charge on any atom is -0.473 e. The molecule has 0 N–H and O–H groups in total. The first-order valence-electron chi connectivity index (χ1n) is 10.7. The van der Waals surface area contributed by atoms with Gasteiger partial charge in [-0.05, 0) is 56.2 Å². The maximum Gasteiger partial charge on any atom is 0.233 e. The largest absolute Gasteiger partial charge is 0.473 e. The molecule has 5 rings (SSSR count). The summed E-state index contributed by atoms with van der Waals surface area (Å²) in [6.07, 6.45) is 6.28. The maximum absolute atomic E-state index is 6.19. The molecule has 1 saturated heterocycles. The Hall–Kier alpha value is -2.80. The lowest BCUT2D eigenvalue weighted by Crippen LogP contribution is -2.25. The van der Waals surface area contributed by atoms with Crippen LogP contribution in [0.4, 0.5) is 0 Å². The Morgan fingerprint density at radius 2 is 1.87 bits per heavy atom. The van der Waals surface area contributed by atoms with Gasteiger partial charge in [-0.3, -0.25) is 14.6 Å². The number of likely N-dealkylation sites (tertiary alicyclic amines) is 1. The van der Waals surface area contributed by atoms with Gasteiger partial charge in [0.25, 0.3) is 0 Å². The highest BCUT2D eigenvalue weighted by atomic mass is 16.5. The first kappa shape index (κ1) is 19.2. The zero-order chi connectivity index (χ0) is 20.7. The molecule has 0 spiro atoms. The van der Waals surface area contributed by atoms with E-state index >= 15 is 0 Å². The Bertz CT molecular complexity index is 1020. The minimum atomic E-state index is 0.235. The van der Waals surface area contributed by atoms with Crippen LogP contribution in [0.1, 0.15) is 29.8 Å². The summed E-state index contributed by atoms with van der Waals surface area (Å²) in [6, 6.07) is 8.05. The molecule has 3 aromatic heterocycles. The lowest BCUT2D eigenvalue weighted by molar-refractivity contribution is 0.176. The van der Waals surface area contributed by atoms with Gasteiger partial charge in [-0.1, -0.05) is 6.07 Å². The third-order valence-electron chi connectivity index (χ3n) is 6.49. The fourth-order valence-electron chi connectivity index (χ4n) is 5.01. The van der Waals surface area contributed by atoms with E-state index in [1.807, 2.05) is 44.6 Å². The molecule has 0 amide bonds. The molecule has 30 heavy (non-hydrogen) atoms. The predicted octanol–water partition coefficient (Wildman–Crippen LogP) is 3.18. The number of nitrogens with zero attached hydrogens (tertiary/aromatic N) is 6. The fourth-order valence-corrected chi connectivity index (χ4v) is 5.01. The fraction of sp³-hybridized carbons (Fsp3) is 0.478. The van der Waals surface area contributed by atoms with Gasteiger partial charge in [0.2, 0.25) is 5.88 Å². The lowest BCUT2D eigenvalue weighted by atomic mass is 10.0. The first-order chi connectivity index (χ1) is 14.5.